The molecular weight excluding hydrogens is 408 g/mol. The first-order valence-corrected chi connectivity index (χ1v) is 10.8. The number of fused-ring (bicyclic) bond motifs is 1. The van der Waals surface area contributed by atoms with E-state index in [0.29, 0.717) is 12.1 Å². The average molecular weight is 432 g/mol. The first-order valence-electron chi connectivity index (χ1n) is 10.8. The van der Waals surface area contributed by atoms with Gasteiger partial charge in [-0.2, -0.15) is 0 Å². The van der Waals surface area contributed by atoms with Gasteiger partial charge < -0.3 is 11.1 Å². The summed E-state index contributed by atoms with van der Waals surface area (Å²) in [6.07, 6.45) is 1.89. The number of amides is 4. The molecule has 1 atom stereocenters. The first kappa shape index (κ1) is 20.5. The van der Waals surface area contributed by atoms with Crippen molar-refractivity contribution in [2.45, 2.75) is 49.9 Å². The van der Waals surface area contributed by atoms with Crippen LogP contribution in [0.3, 0.4) is 0 Å². The Kier molecular flexibility index (Phi) is 4.91. The van der Waals surface area contributed by atoms with Gasteiger partial charge >= 0.3 is 0 Å². The van der Waals surface area contributed by atoms with Gasteiger partial charge in [0, 0.05) is 24.5 Å². The SMILES string of the molecule is NC1(c2ccccc2)CC(NCc2ccc3c(c2)C(=O)N(C2CCC(=O)NC2=O)C3=O)C1. The van der Waals surface area contributed by atoms with E-state index in [1.54, 1.807) is 12.1 Å². The Morgan fingerprint density at radius 1 is 1.00 bits per heavy atom. The third-order valence-electron chi connectivity index (χ3n) is 6.67. The molecule has 32 heavy (non-hydrogen) atoms. The number of carbonyl (C=O) groups excluding carboxylic acids is 4. The van der Waals surface area contributed by atoms with E-state index in [1.807, 2.05) is 36.4 Å². The summed E-state index contributed by atoms with van der Waals surface area (Å²) in [5.41, 5.74) is 8.79. The van der Waals surface area contributed by atoms with Crippen LogP contribution in [0, 0.1) is 0 Å². The molecule has 2 aromatic rings. The summed E-state index contributed by atoms with van der Waals surface area (Å²) in [5, 5.41) is 5.68. The predicted molar refractivity (Wildman–Crippen MR) is 115 cm³/mol. The molecule has 2 heterocycles. The molecule has 2 aromatic carbocycles. The number of imide groups is 2. The molecule has 8 nitrogen and oxygen atoms in total. The third-order valence-corrected chi connectivity index (χ3v) is 6.67. The maximum Gasteiger partial charge on any atom is 0.262 e. The molecule has 8 heteroatoms. The van der Waals surface area contributed by atoms with Crippen LogP contribution in [0.1, 0.15) is 57.5 Å². The topological polar surface area (TPSA) is 122 Å². The maximum atomic E-state index is 12.9. The lowest BCUT2D eigenvalue weighted by atomic mass is 9.69. The quantitative estimate of drug-likeness (QED) is 0.611. The zero-order valence-corrected chi connectivity index (χ0v) is 17.5. The highest BCUT2D eigenvalue weighted by atomic mass is 16.2. The number of nitrogens with zero attached hydrogens (tertiary/aromatic N) is 1. The van der Waals surface area contributed by atoms with Gasteiger partial charge in [-0.3, -0.25) is 29.4 Å². The zero-order valence-electron chi connectivity index (χ0n) is 17.5. The van der Waals surface area contributed by atoms with Crippen molar-refractivity contribution in [3.8, 4) is 0 Å². The highest BCUT2D eigenvalue weighted by molar-refractivity contribution is 6.23. The van der Waals surface area contributed by atoms with Crippen molar-refractivity contribution in [2.75, 3.05) is 0 Å². The second-order valence-electron chi connectivity index (χ2n) is 8.84. The molecule has 1 unspecified atom stereocenters. The summed E-state index contributed by atoms with van der Waals surface area (Å²) >= 11 is 0. The molecule has 0 bridgehead atoms. The minimum Gasteiger partial charge on any atom is -0.321 e. The second-order valence-corrected chi connectivity index (χ2v) is 8.84. The van der Waals surface area contributed by atoms with Crippen LogP contribution in [0.5, 0.6) is 0 Å². The van der Waals surface area contributed by atoms with Crippen LogP contribution in [-0.2, 0) is 21.7 Å². The van der Waals surface area contributed by atoms with Gasteiger partial charge in [0.2, 0.25) is 11.8 Å². The minimum atomic E-state index is -0.952. The van der Waals surface area contributed by atoms with Crippen LogP contribution in [0.4, 0.5) is 0 Å². The van der Waals surface area contributed by atoms with Crippen LogP contribution in [0.25, 0.3) is 0 Å². The Labute approximate surface area is 185 Å². The van der Waals surface area contributed by atoms with Crippen molar-refractivity contribution < 1.29 is 19.2 Å². The summed E-state index contributed by atoms with van der Waals surface area (Å²) in [7, 11) is 0. The van der Waals surface area contributed by atoms with E-state index in [1.165, 1.54) is 0 Å². The van der Waals surface area contributed by atoms with Crippen molar-refractivity contribution in [2.24, 2.45) is 5.73 Å². The molecule has 0 radical (unpaired) electrons. The Morgan fingerprint density at radius 2 is 1.72 bits per heavy atom. The maximum absolute atomic E-state index is 12.9. The summed E-state index contributed by atoms with van der Waals surface area (Å²) in [6.45, 7) is 0.544. The molecular formula is C24H24N4O4. The van der Waals surface area contributed by atoms with Gasteiger partial charge in [-0.15, -0.1) is 0 Å². The van der Waals surface area contributed by atoms with E-state index >= 15 is 0 Å². The molecule has 0 aromatic heterocycles. The standard InChI is InChI=1S/C24H24N4O4/c25-24(15-4-2-1-3-5-15)11-16(12-24)26-13-14-6-7-17-18(10-14)23(32)28(22(17)31)19-8-9-20(29)27-21(19)30/h1-7,10,16,19,26H,8-9,11-13,25H2,(H,27,29,30). The van der Waals surface area contributed by atoms with Crippen LogP contribution in [0.15, 0.2) is 48.5 Å². The highest BCUT2D eigenvalue weighted by Crippen LogP contribution is 2.39. The molecule has 4 amide bonds. The molecule has 0 spiro atoms. The normalized spacial score (nSPS) is 27.2. The molecule has 5 rings (SSSR count). The van der Waals surface area contributed by atoms with E-state index in [0.717, 1.165) is 28.9 Å². The van der Waals surface area contributed by atoms with Crippen molar-refractivity contribution in [1.29, 1.82) is 0 Å². The summed E-state index contributed by atoms with van der Waals surface area (Å²) in [6, 6.07) is 14.5. The lowest BCUT2D eigenvalue weighted by Gasteiger charge is -2.46. The second kappa shape index (κ2) is 7.65. The number of hydrogen-bond donors (Lipinski definition) is 3. The van der Waals surface area contributed by atoms with Gasteiger partial charge in [-0.25, -0.2) is 0 Å². The fourth-order valence-corrected chi connectivity index (χ4v) is 4.86. The lowest BCUT2D eigenvalue weighted by molar-refractivity contribution is -0.136. The molecule has 1 saturated heterocycles. The number of nitrogens with one attached hydrogen (secondary N) is 2. The monoisotopic (exact) mass is 432 g/mol. The Hall–Kier alpha value is -3.36. The van der Waals surface area contributed by atoms with Gasteiger partial charge in [-0.05, 0) is 42.5 Å². The van der Waals surface area contributed by atoms with Crippen LogP contribution in [0.2, 0.25) is 0 Å². The minimum absolute atomic E-state index is 0.103. The van der Waals surface area contributed by atoms with E-state index in [2.05, 4.69) is 10.6 Å². The third kappa shape index (κ3) is 3.41. The van der Waals surface area contributed by atoms with Crippen molar-refractivity contribution in [1.82, 2.24) is 15.5 Å². The fourth-order valence-electron chi connectivity index (χ4n) is 4.86. The fraction of sp³-hybridized carbons (Fsp3) is 0.333. The molecule has 2 aliphatic heterocycles. The average Bonchev–Trinajstić information content (AvgIpc) is 3.01. The van der Waals surface area contributed by atoms with Crippen molar-refractivity contribution in [3.63, 3.8) is 0 Å². The van der Waals surface area contributed by atoms with Gasteiger partial charge in [0.25, 0.3) is 11.8 Å². The predicted octanol–water partition coefficient (Wildman–Crippen LogP) is 1.19. The highest BCUT2D eigenvalue weighted by Gasteiger charge is 2.45. The molecule has 1 aliphatic carbocycles. The first-order chi connectivity index (χ1) is 15.4. The zero-order chi connectivity index (χ0) is 22.5. The number of hydrogen-bond acceptors (Lipinski definition) is 6. The molecule has 4 N–H and O–H groups in total. The van der Waals surface area contributed by atoms with Gasteiger partial charge in [0.15, 0.2) is 0 Å². The van der Waals surface area contributed by atoms with Crippen LogP contribution in [-0.4, -0.2) is 40.6 Å². The summed E-state index contributed by atoms with van der Waals surface area (Å²) in [5.74, 6) is -1.98. The van der Waals surface area contributed by atoms with E-state index < -0.39 is 23.8 Å². The number of carbonyl (C=O) groups is 4. The number of piperidine rings is 1. The van der Waals surface area contributed by atoms with Gasteiger partial charge in [-0.1, -0.05) is 36.4 Å². The van der Waals surface area contributed by atoms with E-state index in [9.17, 15) is 19.2 Å². The summed E-state index contributed by atoms with van der Waals surface area (Å²) < 4.78 is 0. The van der Waals surface area contributed by atoms with Gasteiger partial charge in [0.1, 0.15) is 6.04 Å². The number of benzene rings is 2. The summed E-state index contributed by atoms with van der Waals surface area (Å²) in [4.78, 5) is 50.3. The molecule has 3 aliphatic rings. The van der Waals surface area contributed by atoms with Crippen LogP contribution >= 0.6 is 0 Å². The lowest BCUT2D eigenvalue weighted by Crippen LogP contribution is -2.56. The Balaban J connectivity index is 1.24. The van der Waals surface area contributed by atoms with Crippen molar-refractivity contribution >= 4 is 23.6 Å². The van der Waals surface area contributed by atoms with E-state index in [-0.39, 0.29) is 35.9 Å². The number of nitrogens with two attached hydrogens (primary N) is 1. The van der Waals surface area contributed by atoms with Crippen molar-refractivity contribution in [3.05, 3.63) is 70.8 Å². The molecule has 1 saturated carbocycles. The van der Waals surface area contributed by atoms with Gasteiger partial charge in [0.05, 0.1) is 11.1 Å². The smallest absolute Gasteiger partial charge is 0.262 e. The largest absolute Gasteiger partial charge is 0.321 e. The van der Waals surface area contributed by atoms with E-state index in [4.69, 9.17) is 5.73 Å². The number of rotatable bonds is 5. The Morgan fingerprint density at radius 3 is 2.44 bits per heavy atom. The molecule has 2 fully saturated rings. The molecule has 164 valence electrons. The Bertz CT molecular complexity index is 1120. The van der Waals surface area contributed by atoms with Crippen LogP contribution < -0.4 is 16.4 Å².